The highest BCUT2D eigenvalue weighted by molar-refractivity contribution is 5.77. The van der Waals surface area contributed by atoms with Gasteiger partial charge in [0.2, 0.25) is 0 Å². The fourth-order valence-corrected chi connectivity index (χ4v) is 3.19. The molecule has 0 spiro atoms. The third kappa shape index (κ3) is 3.11. The SMILES string of the molecule is Cc1cc2ncn(CC(O)Cn3nccc3-c3ccncc3)c2cc1C. The minimum absolute atomic E-state index is 0.412. The van der Waals surface area contributed by atoms with Crippen molar-refractivity contribution in [2.75, 3.05) is 0 Å². The summed E-state index contributed by atoms with van der Waals surface area (Å²) in [5.41, 5.74) is 6.44. The highest BCUT2D eigenvalue weighted by Crippen LogP contribution is 2.20. The lowest BCUT2D eigenvalue weighted by molar-refractivity contribution is 0.132. The Morgan fingerprint density at radius 1 is 1.00 bits per heavy atom. The average Bonchev–Trinajstić information content (AvgIpc) is 3.24. The molecule has 26 heavy (non-hydrogen) atoms. The van der Waals surface area contributed by atoms with Gasteiger partial charge < -0.3 is 9.67 Å². The fourth-order valence-electron chi connectivity index (χ4n) is 3.19. The zero-order chi connectivity index (χ0) is 18.1. The van der Waals surface area contributed by atoms with E-state index in [1.807, 2.05) is 27.4 Å². The van der Waals surface area contributed by atoms with Gasteiger partial charge in [-0.3, -0.25) is 9.67 Å². The van der Waals surface area contributed by atoms with Gasteiger partial charge in [-0.2, -0.15) is 5.10 Å². The molecule has 6 heteroatoms. The molecule has 0 saturated carbocycles. The van der Waals surface area contributed by atoms with Gasteiger partial charge in [-0.05, 0) is 55.3 Å². The van der Waals surface area contributed by atoms with E-state index in [4.69, 9.17) is 0 Å². The van der Waals surface area contributed by atoms with Gasteiger partial charge in [0.1, 0.15) is 0 Å². The molecule has 3 aromatic heterocycles. The lowest BCUT2D eigenvalue weighted by Crippen LogP contribution is -2.23. The molecule has 1 unspecified atom stereocenters. The maximum absolute atomic E-state index is 10.6. The van der Waals surface area contributed by atoms with Gasteiger partial charge >= 0.3 is 0 Å². The van der Waals surface area contributed by atoms with Crippen LogP contribution in [0, 0.1) is 13.8 Å². The highest BCUT2D eigenvalue weighted by Gasteiger charge is 2.13. The summed E-state index contributed by atoms with van der Waals surface area (Å²) in [5.74, 6) is 0. The van der Waals surface area contributed by atoms with Crippen LogP contribution in [0.3, 0.4) is 0 Å². The number of nitrogens with zero attached hydrogens (tertiary/aromatic N) is 5. The highest BCUT2D eigenvalue weighted by atomic mass is 16.3. The molecule has 3 heterocycles. The fraction of sp³-hybridized carbons (Fsp3) is 0.250. The van der Waals surface area contributed by atoms with Crippen molar-refractivity contribution in [1.29, 1.82) is 0 Å². The number of aliphatic hydroxyl groups is 1. The van der Waals surface area contributed by atoms with E-state index in [9.17, 15) is 5.11 Å². The largest absolute Gasteiger partial charge is 0.389 e. The topological polar surface area (TPSA) is 68.8 Å². The number of aliphatic hydroxyl groups excluding tert-OH is 1. The molecule has 0 aliphatic heterocycles. The summed E-state index contributed by atoms with van der Waals surface area (Å²) in [6.45, 7) is 5.05. The zero-order valence-electron chi connectivity index (χ0n) is 14.9. The third-order valence-electron chi connectivity index (χ3n) is 4.72. The summed E-state index contributed by atoms with van der Waals surface area (Å²) in [4.78, 5) is 8.51. The first kappa shape index (κ1) is 16.5. The number of aromatic nitrogens is 5. The third-order valence-corrected chi connectivity index (χ3v) is 4.72. The van der Waals surface area contributed by atoms with Gasteiger partial charge in [0.15, 0.2) is 0 Å². The summed E-state index contributed by atoms with van der Waals surface area (Å²) >= 11 is 0. The average molecular weight is 347 g/mol. The van der Waals surface area contributed by atoms with E-state index in [0.717, 1.165) is 22.3 Å². The number of pyridine rings is 1. The van der Waals surface area contributed by atoms with E-state index in [0.29, 0.717) is 13.1 Å². The van der Waals surface area contributed by atoms with Gasteiger partial charge in [-0.25, -0.2) is 4.98 Å². The van der Waals surface area contributed by atoms with E-state index in [-0.39, 0.29) is 0 Å². The molecular weight excluding hydrogens is 326 g/mol. The van der Waals surface area contributed by atoms with Gasteiger partial charge in [-0.1, -0.05) is 0 Å². The molecule has 1 N–H and O–H groups in total. The van der Waals surface area contributed by atoms with Gasteiger partial charge in [0, 0.05) is 24.2 Å². The van der Waals surface area contributed by atoms with Crippen molar-refractivity contribution >= 4 is 11.0 Å². The minimum atomic E-state index is -0.575. The van der Waals surface area contributed by atoms with Crippen LogP contribution in [0.5, 0.6) is 0 Å². The molecule has 132 valence electrons. The van der Waals surface area contributed by atoms with Crippen LogP contribution >= 0.6 is 0 Å². The summed E-state index contributed by atoms with van der Waals surface area (Å²) in [6.07, 6.45) is 6.48. The molecular formula is C20H21N5O. The summed E-state index contributed by atoms with van der Waals surface area (Å²) < 4.78 is 3.83. The van der Waals surface area contributed by atoms with Crippen molar-refractivity contribution < 1.29 is 5.11 Å². The Bertz CT molecular complexity index is 1030. The molecule has 0 bridgehead atoms. The maximum Gasteiger partial charge on any atom is 0.0959 e. The number of rotatable bonds is 5. The predicted octanol–water partition coefficient (Wildman–Crippen LogP) is 2.97. The number of imidazole rings is 1. The van der Waals surface area contributed by atoms with Crippen molar-refractivity contribution in [3.8, 4) is 11.3 Å². The zero-order valence-corrected chi connectivity index (χ0v) is 14.9. The minimum Gasteiger partial charge on any atom is -0.389 e. The second kappa shape index (κ2) is 6.72. The molecule has 0 aliphatic rings. The normalized spacial score (nSPS) is 12.6. The van der Waals surface area contributed by atoms with Gasteiger partial charge in [0.25, 0.3) is 0 Å². The number of hydrogen-bond donors (Lipinski definition) is 1. The van der Waals surface area contributed by atoms with Crippen LogP contribution in [0.4, 0.5) is 0 Å². The van der Waals surface area contributed by atoms with E-state index >= 15 is 0 Å². The van der Waals surface area contributed by atoms with Crippen molar-refractivity contribution in [2.45, 2.75) is 33.0 Å². The standard InChI is InChI=1S/C20H21N5O/c1-14-9-18-20(10-15(14)2)24(13-22-18)11-17(26)12-25-19(5-8-23-25)16-3-6-21-7-4-16/h3-10,13,17,26H,11-12H2,1-2H3. The molecule has 6 nitrogen and oxygen atoms in total. The van der Waals surface area contributed by atoms with Crippen LogP contribution in [0.1, 0.15) is 11.1 Å². The summed E-state index contributed by atoms with van der Waals surface area (Å²) in [6, 6.07) is 10.0. The van der Waals surface area contributed by atoms with Gasteiger partial charge in [0.05, 0.1) is 42.2 Å². The Hall–Kier alpha value is -2.99. The number of fused-ring (bicyclic) bond motifs is 1. The van der Waals surface area contributed by atoms with Crippen LogP contribution in [0.2, 0.25) is 0 Å². The van der Waals surface area contributed by atoms with E-state index in [2.05, 4.69) is 41.0 Å². The van der Waals surface area contributed by atoms with Crippen molar-refractivity contribution in [3.05, 3.63) is 66.4 Å². The smallest absolute Gasteiger partial charge is 0.0959 e. The van der Waals surface area contributed by atoms with Crippen molar-refractivity contribution in [1.82, 2.24) is 24.3 Å². The van der Waals surface area contributed by atoms with Crippen molar-refractivity contribution in [2.24, 2.45) is 0 Å². The van der Waals surface area contributed by atoms with Crippen LogP contribution in [-0.4, -0.2) is 35.5 Å². The van der Waals surface area contributed by atoms with E-state index < -0.39 is 6.10 Å². The number of benzene rings is 1. The summed E-state index contributed by atoms with van der Waals surface area (Å²) in [5, 5.41) is 15.0. The van der Waals surface area contributed by atoms with Crippen molar-refractivity contribution in [3.63, 3.8) is 0 Å². The predicted molar refractivity (Wildman–Crippen MR) is 101 cm³/mol. The van der Waals surface area contributed by atoms with Crippen LogP contribution in [0.15, 0.2) is 55.2 Å². The monoisotopic (exact) mass is 347 g/mol. The molecule has 1 aromatic carbocycles. The molecule has 4 aromatic rings. The van der Waals surface area contributed by atoms with Crippen LogP contribution in [-0.2, 0) is 13.1 Å². The first-order valence-corrected chi connectivity index (χ1v) is 8.64. The lowest BCUT2D eigenvalue weighted by Gasteiger charge is -2.15. The van der Waals surface area contributed by atoms with E-state index in [1.54, 1.807) is 24.9 Å². The van der Waals surface area contributed by atoms with Crippen LogP contribution in [0.25, 0.3) is 22.3 Å². The molecule has 0 fully saturated rings. The Kier molecular flexibility index (Phi) is 4.26. The Labute approximate surface area is 151 Å². The maximum atomic E-state index is 10.6. The lowest BCUT2D eigenvalue weighted by atomic mass is 10.1. The number of aryl methyl sites for hydroxylation is 2. The van der Waals surface area contributed by atoms with Gasteiger partial charge in [-0.15, -0.1) is 0 Å². The van der Waals surface area contributed by atoms with E-state index in [1.165, 1.54) is 11.1 Å². The first-order chi connectivity index (χ1) is 12.6. The second-order valence-electron chi connectivity index (χ2n) is 6.61. The quantitative estimate of drug-likeness (QED) is 0.603. The van der Waals surface area contributed by atoms with Crippen LogP contribution < -0.4 is 0 Å². The second-order valence-corrected chi connectivity index (χ2v) is 6.61. The molecule has 0 radical (unpaired) electrons. The molecule has 0 saturated heterocycles. The molecule has 0 aliphatic carbocycles. The Morgan fingerprint density at radius 2 is 1.77 bits per heavy atom. The molecule has 0 amide bonds. The molecule has 4 rings (SSSR count). The summed E-state index contributed by atoms with van der Waals surface area (Å²) in [7, 11) is 0. The Balaban J connectivity index is 1.55. The Morgan fingerprint density at radius 3 is 2.58 bits per heavy atom. The first-order valence-electron chi connectivity index (χ1n) is 8.64. The molecule has 1 atom stereocenters. The number of hydrogen-bond acceptors (Lipinski definition) is 4.